The van der Waals surface area contributed by atoms with Crippen molar-refractivity contribution in [1.29, 1.82) is 0 Å². The molecule has 0 atom stereocenters. The fraction of sp³-hybridized carbons (Fsp3) is 0.538. The van der Waals surface area contributed by atoms with Gasteiger partial charge in [-0.1, -0.05) is 12.1 Å². The molecule has 0 heterocycles. The molecule has 0 saturated carbocycles. The Labute approximate surface area is 112 Å². The molecule has 0 fully saturated rings. The molecule has 0 bridgehead atoms. The van der Waals surface area contributed by atoms with E-state index in [0.29, 0.717) is 0 Å². The van der Waals surface area contributed by atoms with E-state index >= 15 is 0 Å². The van der Waals surface area contributed by atoms with Crippen LogP contribution in [0.5, 0.6) is 5.75 Å². The first kappa shape index (κ1) is 14.5. The van der Waals surface area contributed by atoms with Crippen molar-refractivity contribution in [3.05, 3.63) is 28.7 Å². The minimum atomic E-state index is 0.759. The zero-order chi connectivity index (χ0) is 12.3. The van der Waals surface area contributed by atoms with E-state index in [1.165, 1.54) is 0 Å². The lowest BCUT2D eigenvalue weighted by atomic mass is 10.3. The van der Waals surface area contributed by atoms with Gasteiger partial charge in [0.15, 0.2) is 0 Å². The van der Waals surface area contributed by atoms with Gasteiger partial charge in [-0.15, -0.1) is 0 Å². The smallest absolute Gasteiger partial charge is 0.133 e. The van der Waals surface area contributed by atoms with Crippen molar-refractivity contribution in [1.82, 2.24) is 5.32 Å². The fourth-order valence-electron chi connectivity index (χ4n) is 1.40. The number of unbranched alkanes of at least 4 members (excludes halogenated alkanes) is 1. The van der Waals surface area contributed by atoms with Crippen LogP contribution in [-0.2, 0) is 4.74 Å². The highest BCUT2D eigenvalue weighted by molar-refractivity contribution is 9.10. The summed E-state index contributed by atoms with van der Waals surface area (Å²) in [7, 11) is 1.72. The summed E-state index contributed by atoms with van der Waals surface area (Å²) in [5, 5.41) is 3.31. The van der Waals surface area contributed by atoms with Crippen molar-refractivity contribution in [3.8, 4) is 5.75 Å². The van der Waals surface area contributed by atoms with Gasteiger partial charge in [0.25, 0.3) is 0 Å². The van der Waals surface area contributed by atoms with Gasteiger partial charge in [-0.25, -0.2) is 0 Å². The Morgan fingerprint density at radius 1 is 1.12 bits per heavy atom. The Bertz CT molecular complexity index is 307. The van der Waals surface area contributed by atoms with Crippen LogP contribution in [0.1, 0.15) is 12.8 Å². The molecule has 1 rings (SSSR count). The van der Waals surface area contributed by atoms with Crippen LogP contribution >= 0.6 is 15.9 Å². The van der Waals surface area contributed by atoms with Crippen molar-refractivity contribution in [2.45, 2.75) is 12.8 Å². The highest BCUT2D eigenvalue weighted by Crippen LogP contribution is 2.23. The summed E-state index contributed by atoms with van der Waals surface area (Å²) in [4.78, 5) is 0. The summed E-state index contributed by atoms with van der Waals surface area (Å²) in [6.07, 6.45) is 2.18. The third-order valence-corrected chi connectivity index (χ3v) is 2.98. The normalized spacial score (nSPS) is 10.5. The minimum Gasteiger partial charge on any atom is -0.492 e. The maximum absolute atomic E-state index is 5.67. The molecule has 1 aromatic carbocycles. The summed E-state index contributed by atoms with van der Waals surface area (Å²) < 4.78 is 11.6. The Balaban J connectivity index is 1.99. The van der Waals surface area contributed by atoms with Crippen molar-refractivity contribution in [2.75, 3.05) is 33.4 Å². The number of halogens is 1. The second-order valence-electron chi connectivity index (χ2n) is 3.73. The van der Waals surface area contributed by atoms with Crippen molar-refractivity contribution in [2.24, 2.45) is 0 Å². The van der Waals surface area contributed by atoms with E-state index in [1.807, 2.05) is 24.3 Å². The van der Waals surface area contributed by atoms with Gasteiger partial charge in [0, 0.05) is 13.7 Å². The van der Waals surface area contributed by atoms with Gasteiger partial charge in [-0.05, 0) is 47.4 Å². The number of benzene rings is 1. The molecule has 0 saturated heterocycles. The lowest BCUT2D eigenvalue weighted by Gasteiger charge is -2.08. The molecule has 96 valence electrons. The maximum atomic E-state index is 5.67. The summed E-state index contributed by atoms with van der Waals surface area (Å²) in [6.45, 7) is 3.46. The monoisotopic (exact) mass is 301 g/mol. The van der Waals surface area contributed by atoms with E-state index in [-0.39, 0.29) is 0 Å². The minimum absolute atomic E-state index is 0.759. The van der Waals surface area contributed by atoms with Crippen LogP contribution in [0.2, 0.25) is 0 Å². The van der Waals surface area contributed by atoms with Crippen molar-refractivity contribution < 1.29 is 9.47 Å². The molecule has 0 aliphatic carbocycles. The topological polar surface area (TPSA) is 30.5 Å². The second-order valence-corrected chi connectivity index (χ2v) is 4.58. The van der Waals surface area contributed by atoms with Crippen molar-refractivity contribution in [3.63, 3.8) is 0 Å². The predicted molar refractivity (Wildman–Crippen MR) is 73.6 cm³/mol. The number of para-hydroxylation sites is 1. The molecule has 0 aromatic heterocycles. The Kier molecular flexibility index (Phi) is 8.05. The molecule has 0 aliphatic rings. The molecule has 1 aromatic rings. The van der Waals surface area contributed by atoms with Crippen LogP contribution in [0.15, 0.2) is 28.7 Å². The molecule has 3 nitrogen and oxygen atoms in total. The SMILES string of the molecule is COCCNCCCCOc1ccccc1Br. The molecule has 4 heteroatoms. The van der Waals surface area contributed by atoms with Gasteiger partial charge in [-0.3, -0.25) is 0 Å². The summed E-state index contributed by atoms with van der Waals surface area (Å²) >= 11 is 3.46. The van der Waals surface area contributed by atoms with E-state index in [2.05, 4.69) is 21.2 Å². The largest absolute Gasteiger partial charge is 0.492 e. The number of ether oxygens (including phenoxy) is 2. The van der Waals surface area contributed by atoms with Crippen LogP contribution in [0.25, 0.3) is 0 Å². The summed E-state index contributed by atoms with van der Waals surface area (Å²) in [5.41, 5.74) is 0. The van der Waals surface area contributed by atoms with E-state index in [0.717, 1.165) is 49.4 Å². The van der Waals surface area contributed by atoms with Crippen LogP contribution in [0.4, 0.5) is 0 Å². The summed E-state index contributed by atoms with van der Waals surface area (Å²) in [6, 6.07) is 7.92. The first-order valence-corrected chi connectivity index (χ1v) is 6.71. The molecule has 0 radical (unpaired) electrons. The van der Waals surface area contributed by atoms with Gasteiger partial charge < -0.3 is 14.8 Å². The predicted octanol–water partition coefficient (Wildman–Crippen LogP) is 2.84. The standard InChI is InChI=1S/C13H20BrNO2/c1-16-11-9-15-8-4-5-10-17-13-7-3-2-6-12(13)14/h2-3,6-7,15H,4-5,8-11H2,1H3. The quantitative estimate of drug-likeness (QED) is 0.712. The third kappa shape index (κ3) is 6.66. The van der Waals surface area contributed by atoms with E-state index in [9.17, 15) is 0 Å². The molecule has 0 amide bonds. The van der Waals surface area contributed by atoms with Crippen LogP contribution < -0.4 is 10.1 Å². The molecule has 0 unspecified atom stereocenters. The molecule has 1 N–H and O–H groups in total. The number of methoxy groups -OCH3 is 1. The van der Waals surface area contributed by atoms with E-state index in [4.69, 9.17) is 9.47 Å². The average Bonchev–Trinajstić information content (AvgIpc) is 2.35. The van der Waals surface area contributed by atoms with Crippen LogP contribution in [-0.4, -0.2) is 33.4 Å². The number of nitrogens with one attached hydrogen (secondary N) is 1. The number of rotatable bonds is 9. The lowest BCUT2D eigenvalue weighted by molar-refractivity contribution is 0.199. The summed E-state index contributed by atoms with van der Waals surface area (Å²) in [5.74, 6) is 0.917. The Hall–Kier alpha value is -0.580. The zero-order valence-corrected chi connectivity index (χ0v) is 11.8. The van der Waals surface area contributed by atoms with E-state index in [1.54, 1.807) is 7.11 Å². The third-order valence-electron chi connectivity index (χ3n) is 2.33. The Morgan fingerprint density at radius 3 is 2.71 bits per heavy atom. The van der Waals surface area contributed by atoms with Gasteiger partial charge >= 0.3 is 0 Å². The first-order chi connectivity index (χ1) is 8.34. The average molecular weight is 302 g/mol. The van der Waals surface area contributed by atoms with Crippen LogP contribution in [0, 0.1) is 0 Å². The number of hydrogen-bond acceptors (Lipinski definition) is 3. The van der Waals surface area contributed by atoms with Crippen molar-refractivity contribution >= 4 is 15.9 Å². The Morgan fingerprint density at radius 2 is 1.94 bits per heavy atom. The van der Waals surface area contributed by atoms with Gasteiger partial charge in [0.05, 0.1) is 17.7 Å². The maximum Gasteiger partial charge on any atom is 0.133 e. The van der Waals surface area contributed by atoms with E-state index < -0.39 is 0 Å². The zero-order valence-electron chi connectivity index (χ0n) is 10.2. The molecular weight excluding hydrogens is 282 g/mol. The highest BCUT2D eigenvalue weighted by Gasteiger charge is 1.98. The van der Waals surface area contributed by atoms with Gasteiger partial charge in [0.1, 0.15) is 5.75 Å². The molecular formula is C13H20BrNO2. The first-order valence-electron chi connectivity index (χ1n) is 5.91. The molecule has 17 heavy (non-hydrogen) atoms. The second kappa shape index (κ2) is 9.45. The van der Waals surface area contributed by atoms with Gasteiger partial charge in [-0.2, -0.15) is 0 Å². The number of hydrogen-bond donors (Lipinski definition) is 1. The molecule has 0 aliphatic heterocycles. The fourth-order valence-corrected chi connectivity index (χ4v) is 1.79. The molecule has 0 spiro atoms. The lowest BCUT2D eigenvalue weighted by Crippen LogP contribution is -2.20. The van der Waals surface area contributed by atoms with Crippen LogP contribution in [0.3, 0.4) is 0 Å². The van der Waals surface area contributed by atoms with Gasteiger partial charge in [0.2, 0.25) is 0 Å². The highest BCUT2D eigenvalue weighted by atomic mass is 79.9.